The molecule has 0 bridgehead atoms. The van der Waals surface area contributed by atoms with E-state index >= 15 is 0 Å². The van der Waals surface area contributed by atoms with Crippen LogP contribution in [-0.4, -0.2) is 42.4 Å². The Kier molecular flexibility index (Phi) is 3.76. The van der Waals surface area contributed by atoms with Crippen molar-refractivity contribution in [2.45, 2.75) is 16.9 Å². The lowest BCUT2D eigenvalue weighted by Gasteiger charge is -2.20. The molecular weight excluding hydrogens is 311 g/mol. The number of nitrogens with zero attached hydrogens (tertiary/aromatic N) is 1. The van der Waals surface area contributed by atoms with Gasteiger partial charge in [0.2, 0.25) is 10.0 Å². The fourth-order valence-electron chi connectivity index (χ4n) is 1.96. The number of halogens is 2. The van der Waals surface area contributed by atoms with Crippen molar-refractivity contribution in [2.24, 2.45) is 5.73 Å². The molecule has 0 aromatic heterocycles. The van der Waals surface area contributed by atoms with Crippen molar-refractivity contribution >= 4 is 27.6 Å². The summed E-state index contributed by atoms with van der Waals surface area (Å²) in [4.78, 5) is 10.8. The van der Waals surface area contributed by atoms with Crippen LogP contribution in [0.4, 0.5) is 4.39 Å². The fraction of sp³-hybridized carbons (Fsp3) is 0.364. The molecule has 1 aliphatic heterocycles. The van der Waals surface area contributed by atoms with Gasteiger partial charge in [-0.2, -0.15) is 4.31 Å². The lowest BCUT2D eigenvalue weighted by atomic mass is 10.0. The lowest BCUT2D eigenvalue weighted by molar-refractivity contribution is -0.142. The zero-order chi connectivity index (χ0) is 15.1. The van der Waals surface area contributed by atoms with Gasteiger partial charge in [0, 0.05) is 13.1 Å². The van der Waals surface area contributed by atoms with Gasteiger partial charge in [-0.25, -0.2) is 12.8 Å². The first-order valence-electron chi connectivity index (χ1n) is 5.64. The molecule has 1 saturated heterocycles. The standard InChI is InChI=1S/C11H12ClFN2O4S/c12-8-5-7(1-2-9(8)13)20(18,19)15-4-3-11(14,6-15)10(16)17/h1-2,5H,3-4,6,14H2,(H,16,17). The van der Waals surface area contributed by atoms with Gasteiger partial charge in [-0.1, -0.05) is 11.6 Å². The highest BCUT2D eigenvalue weighted by atomic mass is 35.5. The Morgan fingerprint density at radius 2 is 2.15 bits per heavy atom. The van der Waals surface area contributed by atoms with Crippen LogP contribution < -0.4 is 5.73 Å². The molecular formula is C11H12ClFN2O4S. The predicted octanol–water partition coefficient (Wildman–Crippen LogP) is 0.656. The third kappa shape index (κ3) is 2.51. The van der Waals surface area contributed by atoms with Crippen LogP contribution >= 0.6 is 11.6 Å². The van der Waals surface area contributed by atoms with E-state index in [1.54, 1.807) is 0 Å². The number of carboxylic acid groups (broad SMARTS) is 1. The van der Waals surface area contributed by atoms with Crippen molar-refractivity contribution in [1.29, 1.82) is 0 Å². The molecule has 1 aromatic rings. The molecule has 1 heterocycles. The average Bonchev–Trinajstić information content (AvgIpc) is 2.77. The predicted molar refractivity (Wildman–Crippen MR) is 69.3 cm³/mol. The number of nitrogens with two attached hydrogens (primary N) is 1. The monoisotopic (exact) mass is 322 g/mol. The zero-order valence-electron chi connectivity index (χ0n) is 10.2. The molecule has 20 heavy (non-hydrogen) atoms. The first-order valence-corrected chi connectivity index (χ1v) is 7.46. The van der Waals surface area contributed by atoms with E-state index in [0.717, 1.165) is 22.5 Å². The Morgan fingerprint density at radius 1 is 1.50 bits per heavy atom. The Morgan fingerprint density at radius 3 is 2.65 bits per heavy atom. The van der Waals surface area contributed by atoms with Crippen LogP contribution in [0, 0.1) is 5.82 Å². The Hall–Kier alpha value is -1.22. The van der Waals surface area contributed by atoms with Gasteiger partial charge in [-0.3, -0.25) is 4.79 Å². The molecule has 0 radical (unpaired) electrons. The second-order valence-electron chi connectivity index (χ2n) is 4.63. The van der Waals surface area contributed by atoms with Gasteiger partial charge < -0.3 is 10.8 Å². The van der Waals surface area contributed by atoms with Crippen LogP contribution in [0.5, 0.6) is 0 Å². The van der Waals surface area contributed by atoms with Crippen LogP contribution in [0.1, 0.15) is 6.42 Å². The maximum Gasteiger partial charge on any atom is 0.325 e. The van der Waals surface area contributed by atoms with Gasteiger partial charge in [-0.15, -0.1) is 0 Å². The molecule has 6 nitrogen and oxygen atoms in total. The number of rotatable bonds is 3. The largest absolute Gasteiger partial charge is 0.480 e. The van der Waals surface area contributed by atoms with Crippen molar-refractivity contribution < 1.29 is 22.7 Å². The molecule has 0 spiro atoms. The van der Waals surface area contributed by atoms with E-state index in [2.05, 4.69) is 0 Å². The van der Waals surface area contributed by atoms with Gasteiger partial charge in [-0.05, 0) is 24.6 Å². The summed E-state index contributed by atoms with van der Waals surface area (Å²) in [6.07, 6.45) is 0.0104. The highest BCUT2D eigenvalue weighted by molar-refractivity contribution is 7.89. The Bertz CT molecular complexity index is 666. The number of sulfonamides is 1. The minimum atomic E-state index is -3.94. The van der Waals surface area contributed by atoms with E-state index < -0.39 is 27.3 Å². The topological polar surface area (TPSA) is 101 Å². The van der Waals surface area contributed by atoms with Crippen molar-refractivity contribution in [1.82, 2.24) is 4.31 Å². The van der Waals surface area contributed by atoms with Crippen LogP contribution in [0.3, 0.4) is 0 Å². The molecule has 3 N–H and O–H groups in total. The molecule has 1 aliphatic rings. The minimum Gasteiger partial charge on any atom is -0.480 e. The van der Waals surface area contributed by atoms with Crippen LogP contribution in [0.2, 0.25) is 5.02 Å². The molecule has 9 heteroatoms. The quantitative estimate of drug-likeness (QED) is 0.851. The molecule has 1 unspecified atom stereocenters. The molecule has 1 fully saturated rings. The second kappa shape index (κ2) is 4.96. The fourth-order valence-corrected chi connectivity index (χ4v) is 3.75. The van der Waals surface area contributed by atoms with E-state index in [1.165, 1.54) is 0 Å². The normalized spacial score (nSPS) is 23.9. The number of hydrogen-bond acceptors (Lipinski definition) is 4. The lowest BCUT2D eigenvalue weighted by Crippen LogP contribution is -2.50. The van der Waals surface area contributed by atoms with E-state index in [9.17, 15) is 17.6 Å². The van der Waals surface area contributed by atoms with E-state index in [4.69, 9.17) is 22.4 Å². The third-order valence-electron chi connectivity index (χ3n) is 3.22. The van der Waals surface area contributed by atoms with Crippen molar-refractivity contribution in [3.8, 4) is 0 Å². The molecule has 2 rings (SSSR count). The SMILES string of the molecule is NC1(C(=O)O)CCN(S(=O)(=O)c2ccc(F)c(Cl)c2)C1. The Balaban J connectivity index is 2.33. The van der Waals surface area contributed by atoms with Crippen molar-refractivity contribution in [3.63, 3.8) is 0 Å². The van der Waals surface area contributed by atoms with Gasteiger partial charge in [0.05, 0.1) is 9.92 Å². The zero-order valence-corrected chi connectivity index (χ0v) is 11.8. The number of carboxylic acids is 1. The summed E-state index contributed by atoms with van der Waals surface area (Å²) in [7, 11) is -3.94. The Labute approximate surface area is 120 Å². The van der Waals surface area contributed by atoms with Gasteiger partial charge in [0.1, 0.15) is 11.4 Å². The van der Waals surface area contributed by atoms with Crippen LogP contribution in [0.25, 0.3) is 0 Å². The minimum absolute atomic E-state index is 0.0104. The maximum atomic E-state index is 13.1. The highest BCUT2D eigenvalue weighted by Gasteiger charge is 2.45. The molecule has 0 saturated carbocycles. The molecule has 0 amide bonds. The summed E-state index contributed by atoms with van der Waals surface area (Å²) in [6, 6.07) is 3.01. The summed E-state index contributed by atoms with van der Waals surface area (Å²) in [6.45, 7) is -0.347. The third-order valence-corrected chi connectivity index (χ3v) is 5.35. The van der Waals surface area contributed by atoms with Crippen LogP contribution in [0.15, 0.2) is 23.1 Å². The second-order valence-corrected chi connectivity index (χ2v) is 6.97. The van der Waals surface area contributed by atoms with Gasteiger partial charge >= 0.3 is 5.97 Å². The van der Waals surface area contributed by atoms with Crippen molar-refractivity contribution in [2.75, 3.05) is 13.1 Å². The van der Waals surface area contributed by atoms with E-state index in [1.807, 2.05) is 0 Å². The number of hydrogen-bond donors (Lipinski definition) is 2. The summed E-state index contributed by atoms with van der Waals surface area (Å²) in [5, 5.41) is 8.67. The van der Waals surface area contributed by atoms with Crippen molar-refractivity contribution in [3.05, 3.63) is 29.0 Å². The maximum absolute atomic E-state index is 13.1. The van der Waals surface area contributed by atoms with E-state index in [0.29, 0.717) is 0 Å². The summed E-state index contributed by atoms with van der Waals surface area (Å²) >= 11 is 5.56. The first-order chi connectivity index (χ1) is 9.17. The van der Waals surface area contributed by atoms with Gasteiger partial charge in [0.15, 0.2) is 0 Å². The molecule has 1 aromatic carbocycles. The number of carbonyl (C=O) groups is 1. The summed E-state index contributed by atoms with van der Waals surface area (Å²) < 4.78 is 38.6. The highest BCUT2D eigenvalue weighted by Crippen LogP contribution is 2.28. The van der Waals surface area contributed by atoms with E-state index in [-0.39, 0.29) is 29.4 Å². The number of benzene rings is 1. The summed E-state index contributed by atoms with van der Waals surface area (Å²) in [5.41, 5.74) is 4.03. The molecule has 0 aliphatic carbocycles. The van der Waals surface area contributed by atoms with Gasteiger partial charge in [0.25, 0.3) is 0 Å². The average molecular weight is 323 g/mol. The number of aliphatic carboxylic acids is 1. The molecule has 110 valence electrons. The smallest absolute Gasteiger partial charge is 0.325 e. The summed E-state index contributed by atoms with van der Waals surface area (Å²) in [5.74, 6) is -1.99. The first kappa shape index (κ1) is 15.2. The van der Waals surface area contributed by atoms with Crippen LogP contribution in [-0.2, 0) is 14.8 Å². The molecule has 1 atom stereocenters.